The van der Waals surface area contributed by atoms with Crippen LogP contribution < -0.4 is 14.5 Å². The van der Waals surface area contributed by atoms with Gasteiger partial charge in [-0.2, -0.15) is 0 Å². The molecule has 2 aliphatic heterocycles. The quantitative estimate of drug-likeness (QED) is 0.527. The largest absolute Gasteiger partial charge is 0.496 e. The van der Waals surface area contributed by atoms with E-state index in [0.717, 1.165) is 30.5 Å². The molecule has 5 nitrogen and oxygen atoms in total. The van der Waals surface area contributed by atoms with Gasteiger partial charge in [-0.15, -0.1) is 0 Å². The van der Waals surface area contributed by atoms with Gasteiger partial charge in [-0.05, 0) is 54.7 Å². The van der Waals surface area contributed by atoms with Gasteiger partial charge in [-0.3, -0.25) is 9.59 Å². The molecule has 3 aromatic rings. The topological polar surface area (TPSA) is 49.9 Å². The second kappa shape index (κ2) is 8.58. The molecule has 0 aromatic heterocycles. The molecule has 0 fully saturated rings. The van der Waals surface area contributed by atoms with Gasteiger partial charge in [0.2, 0.25) is 0 Å². The van der Waals surface area contributed by atoms with Crippen molar-refractivity contribution in [2.75, 3.05) is 23.5 Å². The Labute approximate surface area is 193 Å². The highest BCUT2D eigenvalue weighted by Crippen LogP contribution is 2.41. The van der Waals surface area contributed by atoms with E-state index in [0.29, 0.717) is 34.8 Å². The third kappa shape index (κ3) is 3.50. The molecule has 5 heteroatoms. The Morgan fingerprint density at radius 2 is 1.61 bits per heavy atom. The number of imide groups is 1. The number of para-hydroxylation sites is 2. The summed E-state index contributed by atoms with van der Waals surface area (Å²) in [6, 6.07) is 23.1. The van der Waals surface area contributed by atoms with Crippen molar-refractivity contribution in [3.8, 4) is 5.75 Å². The second-order valence-corrected chi connectivity index (χ2v) is 8.27. The second-order valence-electron chi connectivity index (χ2n) is 8.27. The normalized spacial score (nSPS) is 15.8. The van der Waals surface area contributed by atoms with Gasteiger partial charge in [-0.1, -0.05) is 55.5 Å². The first-order chi connectivity index (χ1) is 16.1. The van der Waals surface area contributed by atoms with Gasteiger partial charge in [0, 0.05) is 17.8 Å². The molecule has 2 amide bonds. The minimum absolute atomic E-state index is 0.304. The molecular formula is C28H26N2O3. The van der Waals surface area contributed by atoms with Crippen LogP contribution in [0.25, 0.3) is 5.57 Å². The third-order valence-electron chi connectivity index (χ3n) is 6.42. The molecule has 0 saturated heterocycles. The number of benzene rings is 3. The van der Waals surface area contributed by atoms with E-state index in [2.05, 4.69) is 13.0 Å². The van der Waals surface area contributed by atoms with Crippen molar-refractivity contribution >= 4 is 28.8 Å². The number of fused-ring (bicyclic) bond motifs is 1. The smallest absolute Gasteiger partial charge is 0.282 e. The number of hydrogen-bond acceptors (Lipinski definition) is 4. The molecule has 0 unspecified atom stereocenters. The van der Waals surface area contributed by atoms with Crippen LogP contribution in [0.5, 0.6) is 5.75 Å². The van der Waals surface area contributed by atoms with E-state index in [1.807, 2.05) is 71.6 Å². The van der Waals surface area contributed by atoms with Gasteiger partial charge >= 0.3 is 0 Å². The number of nitrogens with zero attached hydrogens (tertiary/aromatic N) is 2. The van der Waals surface area contributed by atoms with E-state index in [-0.39, 0.29) is 11.8 Å². The fourth-order valence-corrected chi connectivity index (χ4v) is 4.74. The lowest BCUT2D eigenvalue weighted by molar-refractivity contribution is -0.120. The Bertz CT molecular complexity index is 1260. The predicted molar refractivity (Wildman–Crippen MR) is 130 cm³/mol. The number of amides is 2. The highest BCUT2D eigenvalue weighted by molar-refractivity contribution is 6.46. The third-order valence-corrected chi connectivity index (χ3v) is 6.42. The van der Waals surface area contributed by atoms with Gasteiger partial charge in [0.05, 0.1) is 18.4 Å². The molecule has 0 atom stereocenters. The van der Waals surface area contributed by atoms with Crippen LogP contribution in [-0.4, -0.2) is 25.5 Å². The highest BCUT2D eigenvalue weighted by Gasteiger charge is 2.44. The number of aryl methyl sites for hydroxylation is 2. The van der Waals surface area contributed by atoms with E-state index >= 15 is 0 Å². The molecule has 5 rings (SSSR count). The summed E-state index contributed by atoms with van der Waals surface area (Å²) in [5, 5.41) is 0. The highest BCUT2D eigenvalue weighted by atomic mass is 16.5. The summed E-state index contributed by atoms with van der Waals surface area (Å²) in [6.45, 7) is 2.75. The van der Waals surface area contributed by atoms with Crippen LogP contribution in [0.2, 0.25) is 0 Å². The number of carbonyl (C=O) groups excluding carboxylic acids is 2. The first-order valence-corrected chi connectivity index (χ1v) is 11.3. The number of carbonyl (C=O) groups is 2. The molecule has 0 aliphatic carbocycles. The molecule has 0 radical (unpaired) electrons. The van der Waals surface area contributed by atoms with Crippen LogP contribution in [0.4, 0.5) is 11.4 Å². The van der Waals surface area contributed by atoms with Crippen LogP contribution in [-0.2, 0) is 22.4 Å². The lowest BCUT2D eigenvalue weighted by Gasteiger charge is -2.32. The Morgan fingerprint density at radius 1 is 0.879 bits per heavy atom. The summed E-state index contributed by atoms with van der Waals surface area (Å²) in [7, 11) is 1.58. The van der Waals surface area contributed by atoms with Gasteiger partial charge in [-0.25, -0.2) is 4.90 Å². The van der Waals surface area contributed by atoms with E-state index in [1.165, 1.54) is 10.5 Å². The summed E-state index contributed by atoms with van der Waals surface area (Å²) in [4.78, 5) is 31.1. The molecule has 2 aliphatic rings. The summed E-state index contributed by atoms with van der Waals surface area (Å²) in [5.74, 6) is -0.0618. The monoisotopic (exact) mass is 438 g/mol. The van der Waals surface area contributed by atoms with E-state index in [1.54, 1.807) is 7.11 Å². The maximum atomic E-state index is 13.9. The van der Waals surface area contributed by atoms with E-state index in [9.17, 15) is 9.59 Å². The molecule has 2 heterocycles. The van der Waals surface area contributed by atoms with Crippen molar-refractivity contribution in [3.05, 3.63) is 95.2 Å². The first kappa shape index (κ1) is 21.0. The van der Waals surface area contributed by atoms with Crippen LogP contribution in [0.3, 0.4) is 0 Å². The van der Waals surface area contributed by atoms with Crippen molar-refractivity contribution < 1.29 is 14.3 Å². The zero-order valence-electron chi connectivity index (χ0n) is 18.9. The predicted octanol–water partition coefficient (Wildman–Crippen LogP) is 4.99. The molecule has 166 valence electrons. The maximum absolute atomic E-state index is 13.9. The Balaban J connectivity index is 1.70. The lowest BCUT2D eigenvalue weighted by Crippen LogP contribution is -2.37. The summed E-state index contributed by atoms with van der Waals surface area (Å²) in [6.07, 6.45) is 2.75. The average Bonchev–Trinajstić information content (AvgIpc) is 3.13. The fourth-order valence-electron chi connectivity index (χ4n) is 4.74. The molecule has 0 saturated carbocycles. The molecule has 33 heavy (non-hydrogen) atoms. The van der Waals surface area contributed by atoms with Crippen LogP contribution >= 0.6 is 0 Å². The molecule has 0 N–H and O–H groups in total. The Kier molecular flexibility index (Phi) is 5.47. The Hall–Kier alpha value is -3.86. The SMILES string of the molecule is CCc1ccc(N2C(=O)C(c3ccccc3OC)=C(N3CCCc4ccccc43)C2=O)cc1. The van der Waals surface area contributed by atoms with Crippen molar-refractivity contribution in [3.63, 3.8) is 0 Å². The van der Waals surface area contributed by atoms with Gasteiger partial charge in [0.1, 0.15) is 11.4 Å². The van der Waals surface area contributed by atoms with E-state index in [4.69, 9.17) is 4.74 Å². The zero-order chi connectivity index (χ0) is 22.9. The lowest BCUT2D eigenvalue weighted by atomic mass is 9.98. The van der Waals surface area contributed by atoms with Crippen molar-refractivity contribution in [2.45, 2.75) is 26.2 Å². The average molecular weight is 439 g/mol. The summed E-state index contributed by atoms with van der Waals surface area (Å²) >= 11 is 0. The van der Waals surface area contributed by atoms with Gasteiger partial charge in [0.25, 0.3) is 11.8 Å². The number of ether oxygens (including phenoxy) is 1. The van der Waals surface area contributed by atoms with Crippen LogP contribution in [0.1, 0.15) is 30.0 Å². The standard InChI is InChI=1S/C28H26N2O3/c1-3-19-14-16-21(17-15-19)30-27(31)25(22-11-5-7-13-24(22)33-2)26(28(30)32)29-18-8-10-20-9-4-6-12-23(20)29/h4-7,9,11-17H,3,8,10,18H2,1-2H3. The molecular weight excluding hydrogens is 412 g/mol. The molecule has 3 aromatic carbocycles. The first-order valence-electron chi connectivity index (χ1n) is 11.3. The van der Waals surface area contributed by atoms with Crippen LogP contribution in [0.15, 0.2) is 78.5 Å². The number of hydrogen-bond donors (Lipinski definition) is 0. The summed E-state index contributed by atoms with van der Waals surface area (Å²) < 4.78 is 5.58. The van der Waals surface area contributed by atoms with Crippen LogP contribution in [0, 0.1) is 0 Å². The number of rotatable bonds is 5. The number of methoxy groups -OCH3 is 1. The van der Waals surface area contributed by atoms with Gasteiger partial charge < -0.3 is 9.64 Å². The summed E-state index contributed by atoms with van der Waals surface area (Å²) in [5.41, 5.74) is 5.32. The van der Waals surface area contributed by atoms with Crippen molar-refractivity contribution in [1.29, 1.82) is 0 Å². The van der Waals surface area contributed by atoms with E-state index < -0.39 is 0 Å². The minimum Gasteiger partial charge on any atom is -0.496 e. The zero-order valence-corrected chi connectivity index (χ0v) is 18.9. The van der Waals surface area contributed by atoms with Crippen molar-refractivity contribution in [2.24, 2.45) is 0 Å². The van der Waals surface area contributed by atoms with Crippen molar-refractivity contribution in [1.82, 2.24) is 0 Å². The molecule has 0 spiro atoms. The maximum Gasteiger partial charge on any atom is 0.282 e. The minimum atomic E-state index is -0.327. The molecule has 0 bridgehead atoms. The van der Waals surface area contributed by atoms with Gasteiger partial charge in [0.15, 0.2) is 0 Å². The number of anilines is 2. The Morgan fingerprint density at radius 3 is 2.36 bits per heavy atom. The fraction of sp³-hybridized carbons (Fsp3) is 0.214.